The molecule has 0 aliphatic heterocycles. The van der Waals surface area contributed by atoms with E-state index < -0.39 is 15.8 Å². The van der Waals surface area contributed by atoms with Gasteiger partial charge >= 0.3 is 0 Å². The van der Waals surface area contributed by atoms with Crippen LogP contribution in [0.1, 0.15) is 5.82 Å². The van der Waals surface area contributed by atoms with Gasteiger partial charge in [0.25, 0.3) is 0 Å². The first-order valence-electron chi connectivity index (χ1n) is 6.01. The Morgan fingerprint density at radius 2 is 2.19 bits per heavy atom. The Morgan fingerprint density at radius 3 is 2.81 bits per heavy atom. The second-order valence-electron chi connectivity index (χ2n) is 4.41. The molecule has 0 unspecified atom stereocenters. The number of aromatic nitrogens is 2. The molecule has 0 saturated carbocycles. The van der Waals surface area contributed by atoms with Gasteiger partial charge in [0.05, 0.1) is 10.6 Å². The Kier molecular flexibility index (Phi) is 4.64. The lowest BCUT2D eigenvalue weighted by atomic mass is 10.3. The number of nitrogen functional groups attached to an aromatic ring is 1. The highest BCUT2D eigenvalue weighted by Crippen LogP contribution is 2.26. The lowest BCUT2D eigenvalue weighted by Crippen LogP contribution is -2.27. The fraction of sp³-hybridized carbons (Fsp3) is 0.250. The van der Waals surface area contributed by atoms with Crippen LogP contribution in [0.3, 0.4) is 0 Å². The molecule has 1 aromatic carbocycles. The van der Waals surface area contributed by atoms with Crippen LogP contribution in [-0.4, -0.2) is 24.5 Å². The van der Waals surface area contributed by atoms with E-state index >= 15 is 0 Å². The number of nitrogens with zero attached hydrogens (tertiary/aromatic N) is 2. The van der Waals surface area contributed by atoms with E-state index in [9.17, 15) is 12.8 Å². The second kappa shape index (κ2) is 6.12. The molecule has 9 heteroatoms. The number of nitrogens with one attached hydrogen (secondary N) is 1. The zero-order valence-electron chi connectivity index (χ0n) is 11.2. The third-order valence-corrected chi connectivity index (χ3v) is 5.32. The number of sulfonamides is 1. The number of halogens is 2. The van der Waals surface area contributed by atoms with E-state index in [-0.39, 0.29) is 21.6 Å². The van der Waals surface area contributed by atoms with E-state index in [1.54, 1.807) is 17.0 Å². The molecule has 2 rings (SSSR count). The largest absolute Gasteiger partial charge is 0.396 e. The molecule has 0 bridgehead atoms. The summed E-state index contributed by atoms with van der Waals surface area (Å²) in [6.07, 6.45) is 3.86. The van der Waals surface area contributed by atoms with Gasteiger partial charge < -0.3 is 10.3 Å². The Hall–Kier alpha value is -1.45. The third kappa shape index (κ3) is 3.60. The van der Waals surface area contributed by atoms with E-state index in [2.05, 4.69) is 25.6 Å². The summed E-state index contributed by atoms with van der Waals surface area (Å²) >= 11 is 3.03. The molecule has 0 radical (unpaired) electrons. The number of rotatable bonds is 5. The van der Waals surface area contributed by atoms with Crippen molar-refractivity contribution in [1.82, 2.24) is 14.3 Å². The standard InChI is InChI=1S/C12H14BrFN4O2S/c1-18-5-4-16-12(18)2-3-17-21(19,20)11-7-10(15)9(14)6-8(11)13/h4-7,17H,2-3,15H2,1H3. The molecule has 0 saturated heterocycles. The zero-order valence-corrected chi connectivity index (χ0v) is 13.6. The van der Waals surface area contributed by atoms with Crippen LogP contribution in [0, 0.1) is 5.82 Å². The summed E-state index contributed by atoms with van der Waals surface area (Å²) in [4.78, 5) is 4.00. The van der Waals surface area contributed by atoms with Crippen molar-refractivity contribution in [3.05, 3.63) is 40.6 Å². The predicted octanol–water partition coefficient (Wildman–Crippen LogP) is 1.42. The topological polar surface area (TPSA) is 90.0 Å². The number of hydrogen-bond donors (Lipinski definition) is 2. The molecule has 3 N–H and O–H groups in total. The Bertz CT molecular complexity index is 761. The summed E-state index contributed by atoms with van der Waals surface area (Å²) in [7, 11) is -1.95. The minimum Gasteiger partial charge on any atom is -0.396 e. The molecule has 21 heavy (non-hydrogen) atoms. The van der Waals surface area contributed by atoms with Crippen molar-refractivity contribution < 1.29 is 12.8 Å². The van der Waals surface area contributed by atoms with Gasteiger partial charge in [0, 0.05) is 36.9 Å². The van der Waals surface area contributed by atoms with Crippen LogP contribution in [0.25, 0.3) is 0 Å². The Labute approximate surface area is 130 Å². The second-order valence-corrected chi connectivity index (χ2v) is 7.00. The number of nitrogens with two attached hydrogens (primary N) is 1. The first kappa shape index (κ1) is 15.9. The fourth-order valence-corrected chi connectivity index (χ4v) is 3.84. The normalized spacial score (nSPS) is 11.8. The van der Waals surface area contributed by atoms with Crippen LogP contribution < -0.4 is 10.5 Å². The maximum Gasteiger partial charge on any atom is 0.241 e. The van der Waals surface area contributed by atoms with Crippen LogP contribution in [-0.2, 0) is 23.5 Å². The van der Waals surface area contributed by atoms with E-state index in [4.69, 9.17) is 5.73 Å². The minimum atomic E-state index is -3.78. The van der Waals surface area contributed by atoms with Gasteiger partial charge in [-0.25, -0.2) is 22.5 Å². The van der Waals surface area contributed by atoms with E-state index in [1.807, 2.05) is 7.05 Å². The molecule has 0 spiro atoms. The lowest BCUT2D eigenvalue weighted by Gasteiger charge is -2.10. The number of benzene rings is 1. The van der Waals surface area contributed by atoms with Gasteiger partial charge in [0.1, 0.15) is 11.6 Å². The van der Waals surface area contributed by atoms with E-state index in [1.165, 1.54) is 0 Å². The molecule has 6 nitrogen and oxygen atoms in total. The van der Waals surface area contributed by atoms with Crippen LogP contribution in [0.4, 0.5) is 10.1 Å². The maximum absolute atomic E-state index is 13.2. The number of hydrogen-bond acceptors (Lipinski definition) is 4. The molecule has 0 aliphatic carbocycles. The highest BCUT2D eigenvalue weighted by Gasteiger charge is 2.19. The van der Waals surface area contributed by atoms with Crippen molar-refractivity contribution in [3.8, 4) is 0 Å². The number of imidazole rings is 1. The summed E-state index contributed by atoms with van der Waals surface area (Å²) in [5.74, 6) is 0.0872. The van der Waals surface area contributed by atoms with Gasteiger partial charge in [0.2, 0.25) is 10.0 Å². The zero-order chi connectivity index (χ0) is 15.6. The van der Waals surface area contributed by atoms with Crippen molar-refractivity contribution in [1.29, 1.82) is 0 Å². The van der Waals surface area contributed by atoms with E-state index in [0.29, 0.717) is 6.42 Å². The Morgan fingerprint density at radius 1 is 1.48 bits per heavy atom. The molecule has 0 atom stereocenters. The molecule has 0 aliphatic rings. The molecule has 114 valence electrons. The van der Waals surface area contributed by atoms with Gasteiger partial charge in [-0.3, -0.25) is 0 Å². The van der Waals surface area contributed by atoms with Crippen LogP contribution in [0.2, 0.25) is 0 Å². The van der Waals surface area contributed by atoms with Gasteiger partial charge in [-0.15, -0.1) is 0 Å². The summed E-state index contributed by atoms with van der Waals surface area (Å²) in [5.41, 5.74) is 5.19. The smallest absolute Gasteiger partial charge is 0.241 e. The quantitative estimate of drug-likeness (QED) is 0.772. The molecule has 0 fully saturated rings. The van der Waals surface area contributed by atoms with Crippen LogP contribution in [0.5, 0.6) is 0 Å². The first-order valence-corrected chi connectivity index (χ1v) is 8.29. The average molecular weight is 377 g/mol. The summed E-state index contributed by atoms with van der Waals surface area (Å²) in [5, 5.41) is 0. The monoisotopic (exact) mass is 376 g/mol. The molecule has 1 heterocycles. The summed E-state index contributed by atoms with van der Waals surface area (Å²) < 4.78 is 42.0. The molecule has 1 aromatic heterocycles. The van der Waals surface area contributed by atoms with E-state index in [0.717, 1.165) is 18.0 Å². The van der Waals surface area contributed by atoms with Crippen molar-refractivity contribution in [2.75, 3.05) is 12.3 Å². The van der Waals surface area contributed by atoms with Gasteiger partial charge in [0.15, 0.2) is 0 Å². The predicted molar refractivity (Wildman–Crippen MR) is 80.6 cm³/mol. The molecule has 2 aromatic rings. The summed E-state index contributed by atoms with van der Waals surface area (Å²) in [6.45, 7) is 0.177. The maximum atomic E-state index is 13.2. The lowest BCUT2D eigenvalue weighted by molar-refractivity contribution is 0.578. The van der Waals surface area contributed by atoms with Crippen molar-refractivity contribution in [2.45, 2.75) is 11.3 Å². The fourth-order valence-electron chi connectivity index (χ4n) is 1.76. The van der Waals surface area contributed by atoms with Gasteiger partial charge in [-0.05, 0) is 28.1 Å². The Balaban J connectivity index is 2.12. The van der Waals surface area contributed by atoms with Gasteiger partial charge in [-0.1, -0.05) is 0 Å². The van der Waals surface area contributed by atoms with Crippen LogP contribution in [0.15, 0.2) is 33.9 Å². The number of aryl methyl sites for hydroxylation is 1. The molecular formula is C12H14BrFN4O2S. The SMILES string of the molecule is Cn1ccnc1CCNS(=O)(=O)c1cc(N)c(F)cc1Br. The van der Waals surface area contributed by atoms with Crippen molar-refractivity contribution in [2.24, 2.45) is 7.05 Å². The third-order valence-electron chi connectivity index (χ3n) is 2.90. The highest BCUT2D eigenvalue weighted by molar-refractivity contribution is 9.10. The number of anilines is 1. The van der Waals surface area contributed by atoms with Crippen molar-refractivity contribution in [3.63, 3.8) is 0 Å². The average Bonchev–Trinajstić information content (AvgIpc) is 2.79. The first-order chi connectivity index (χ1) is 9.81. The molecule has 0 amide bonds. The minimum absolute atomic E-state index is 0.0961. The van der Waals surface area contributed by atoms with Crippen molar-refractivity contribution >= 4 is 31.6 Å². The molecular weight excluding hydrogens is 363 g/mol. The van der Waals surface area contributed by atoms with Gasteiger partial charge in [-0.2, -0.15) is 0 Å². The highest BCUT2D eigenvalue weighted by atomic mass is 79.9. The summed E-state index contributed by atoms with van der Waals surface area (Å²) in [6, 6.07) is 2.12. The van der Waals surface area contributed by atoms with Crippen LogP contribution >= 0.6 is 15.9 Å².